The van der Waals surface area contributed by atoms with Crippen LogP contribution in [0.2, 0.25) is 0 Å². The molecule has 14 heavy (non-hydrogen) atoms. The second-order valence-corrected chi connectivity index (χ2v) is 4.35. The Morgan fingerprint density at radius 3 is 3.00 bits per heavy atom. The van der Waals surface area contributed by atoms with Gasteiger partial charge in [0.25, 0.3) is 0 Å². The highest BCUT2D eigenvalue weighted by atomic mass is 32.1. The first-order valence-electron chi connectivity index (χ1n) is 4.82. The number of aryl methyl sites for hydroxylation is 1. The van der Waals surface area contributed by atoms with Gasteiger partial charge in [-0.25, -0.2) is 4.98 Å². The summed E-state index contributed by atoms with van der Waals surface area (Å²) >= 11 is 1.68. The summed E-state index contributed by atoms with van der Waals surface area (Å²) in [6, 6.07) is 6.37. The monoisotopic (exact) mass is 207 g/mol. The molecule has 0 radical (unpaired) electrons. The second-order valence-electron chi connectivity index (χ2n) is 3.24. The zero-order valence-corrected chi connectivity index (χ0v) is 8.97. The van der Waals surface area contributed by atoms with Crippen molar-refractivity contribution in [2.75, 3.05) is 6.61 Å². The molecule has 0 unspecified atom stereocenters. The third-order valence-corrected chi connectivity index (χ3v) is 3.31. The average molecular weight is 207 g/mol. The number of hydrogen-bond donors (Lipinski definition) is 1. The van der Waals surface area contributed by atoms with Crippen molar-refractivity contribution >= 4 is 21.6 Å². The average Bonchev–Trinajstić information content (AvgIpc) is 2.59. The van der Waals surface area contributed by atoms with Crippen LogP contribution in [0.15, 0.2) is 18.2 Å². The molecule has 3 heteroatoms. The van der Waals surface area contributed by atoms with Gasteiger partial charge in [-0.1, -0.05) is 13.0 Å². The van der Waals surface area contributed by atoms with Crippen LogP contribution in [0.3, 0.4) is 0 Å². The van der Waals surface area contributed by atoms with Crippen LogP contribution in [0.4, 0.5) is 0 Å². The zero-order chi connectivity index (χ0) is 9.97. The fourth-order valence-corrected chi connectivity index (χ4v) is 2.46. The zero-order valence-electron chi connectivity index (χ0n) is 8.16. The van der Waals surface area contributed by atoms with E-state index in [1.807, 2.05) is 0 Å². The molecule has 0 bridgehead atoms. The van der Waals surface area contributed by atoms with Gasteiger partial charge in [0.05, 0.1) is 15.2 Å². The normalized spacial score (nSPS) is 11.0. The molecule has 2 rings (SSSR count). The van der Waals surface area contributed by atoms with Crippen LogP contribution in [0.25, 0.3) is 10.2 Å². The summed E-state index contributed by atoms with van der Waals surface area (Å²) in [4.78, 5) is 4.44. The van der Waals surface area contributed by atoms with E-state index in [0.29, 0.717) is 6.42 Å². The Kier molecular flexibility index (Phi) is 2.79. The quantitative estimate of drug-likeness (QED) is 0.838. The minimum absolute atomic E-state index is 0.181. The number of aliphatic hydroxyl groups excluding tert-OH is 1. The van der Waals surface area contributed by atoms with Crippen molar-refractivity contribution in [3.05, 3.63) is 28.8 Å². The predicted octanol–water partition coefficient (Wildman–Crippen LogP) is 2.39. The Hall–Kier alpha value is -0.930. The van der Waals surface area contributed by atoms with Crippen LogP contribution in [0.1, 0.15) is 17.5 Å². The van der Waals surface area contributed by atoms with Gasteiger partial charge in [0.15, 0.2) is 0 Å². The number of rotatable bonds is 3. The van der Waals surface area contributed by atoms with Crippen LogP contribution in [-0.2, 0) is 12.8 Å². The van der Waals surface area contributed by atoms with E-state index in [1.54, 1.807) is 11.3 Å². The summed E-state index contributed by atoms with van der Waals surface area (Å²) in [6.45, 7) is 2.33. The smallest absolute Gasteiger partial charge is 0.0961 e. The van der Waals surface area contributed by atoms with Crippen molar-refractivity contribution in [2.24, 2.45) is 0 Å². The van der Waals surface area contributed by atoms with Gasteiger partial charge in [0.1, 0.15) is 0 Å². The number of aliphatic hydroxyl groups is 1. The van der Waals surface area contributed by atoms with Crippen LogP contribution in [-0.4, -0.2) is 16.7 Å². The fraction of sp³-hybridized carbons (Fsp3) is 0.364. The molecule has 2 nitrogen and oxygen atoms in total. The standard InChI is InChI=1S/C11H13NOS/c1-2-8-3-4-9-10(7-8)14-11(12-9)5-6-13/h3-4,7,13H,2,5-6H2,1H3. The lowest BCUT2D eigenvalue weighted by Crippen LogP contribution is -1.87. The summed E-state index contributed by atoms with van der Waals surface area (Å²) in [7, 11) is 0. The molecule has 0 amide bonds. The summed E-state index contributed by atoms with van der Waals surface area (Å²) < 4.78 is 1.23. The molecule has 1 N–H and O–H groups in total. The van der Waals surface area contributed by atoms with Gasteiger partial charge >= 0.3 is 0 Å². The molecule has 0 aliphatic carbocycles. The molecule has 2 aromatic rings. The summed E-state index contributed by atoms with van der Waals surface area (Å²) in [6.07, 6.45) is 1.73. The number of fused-ring (bicyclic) bond motifs is 1. The highest BCUT2D eigenvalue weighted by molar-refractivity contribution is 7.18. The van der Waals surface area contributed by atoms with E-state index in [1.165, 1.54) is 10.3 Å². The maximum atomic E-state index is 8.81. The number of nitrogens with zero attached hydrogens (tertiary/aromatic N) is 1. The van der Waals surface area contributed by atoms with Crippen molar-refractivity contribution in [2.45, 2.75) is 19.8 Å². The Bertz CT molecular complexity index is 436. The molecule has 74 valence electrons. The van der Waals surface area contributed by atoms with E-state index >= 15 is 0 Å². The van der Waals surface area contributed by atoms with Gasteiger partial charge in [-0.3, -0.25) is 0 Å². The third-order valence-electron chi connectivity index (χ3n) is 2.23. The molecule has 0 saturated carbocycles. The molecule has 1 heterocycles. The van der Waals surface area contributed by atoms with E-state index in [0.717, 1.165) is 16.9 Å². The Labute approximate surface area is 87.2 Å². The molecule has 0 spiro atoms. The van der Waals surface area contributed by atoms with Crippen molar-refractivity contribution in [1.29, 1.82) is 0 Å². The minimum Gasteiger partial charge on any atom is -0.396 e. The Morgan fingerprint density at radius 2 is 2.29 bits per heavy atom. The minimum atomic E-state index is 0.181. The molecule has 1 aromatic heterocycles. The lowest BCUT2D eigenvalue weighted by Gasteiger charge is -1.93. The Balaban J connectivity index is 2.43. The van der Waals surface area contributed by atoms with E-state index < -0.39 is 0 Å². The fourth-order valence-electron chi connectivity index (χ4n) is 1.44. The molecular weight excluding hydrogens is 194 g/mol. The predicted molar refractivity (Wildman–Crippen MR) is 59.8 cm³/mol. The lowest BCUT2D eigenvalue weighted by molar-refractivity contribution is 0.299. The first-order chi connectivity index (χ1) is 6.83. The maximum absolute atomic E-state index is 8.81. The molecule has 0 atom stereocenters. The molecule has 0 aliphatic rings. The highest BCUT2D eigenvalue weighted by Crippen LogP contribution is 2.23. The van der Waals surface area contributed by atoms with E-state index in [4.69, 9.17) is 5.11 Å². The third kappa shape index (κ3) is 1.79. The van der Waals surface area contributed by atoms with Crippen LogP contribution in [0.5, 0.6) is 0 Å². The topological polar surface area (TPSA) is 33.1 Å². The first kappa shape index (κ1) is 9.62. The van der Waals surface area contributed by atoms with E-state index in [2.05, 4.69) is 30.1 Å². The SMILES string of the molecule is CCc1ccc2nc(CCO)sc2c1. The van der Waals surface area contributed by atoms with Gasteiger partial charge in [0, 0.05) is 13.0 Å². The van der Waals surface area contributed by atoms with Crippen molar-refractivity contribution < 1.29 is 5.11 Å². The van der Waals surface area contributed by atoms with Crippen LogP contribution >= 0.6 is 11.3 Å². The van der Waals surface area contributed by atoms with E-state index in [-0.39, 0.29) is 6.61 Å². The van der Waals surface area contributed by atoms with Crippen molar-refractivity contribution in [1.82, 2.24) is 4.98 Å². The lowest BCUT2D eigenvalue weighted by atomic mass is 10.2. The summed E-state index contributed by atoms with van der Waals surface area (Å²) in [5.41, 5.74) is 2.40. The number of thiazole rings is 1. The number of benzene rings is 1. The molecule has 0 fully saturated rings. The second kappa shape index (κ2) is 4.07. The number of hydrogen-bond acceptors (Lipinski definition) is 3. The summed E-state index contributed by atoms with van der Waals surface area (Å²) in [5, 5.41) is 9.84. The van der Waals surface area contributed by atoms with Crippen LogP contribution < -0.4 is 0 Å². The largest absolute Gasteiger partial charge is 0.396 e. The van der Waals surface area contributed by atoms with Gasteiger partial charge in [-0.2, -0.15) is 0 Å². The molecule has 0 saturated heterocycles. The van der Waals surface area contributed by atoms with Crippen molar-refractivity contribution in [3.63, 3.8) is 0 Å². The summed E-state index contributed by atoms with van der Waals surface area (Å²) in [5.74, 6) is 0. The molecular formula is C11H13NOS. The Morgan fingerprint density at radius 1 is 1.43 bits per heavy atom. The van der Waals surface area contributed by atoms with Crippen LogP contribution in [0, 0.1) is 0 Å². The maximum Gasteiger partial charge on any atom is 0.0961 e. The number of aromatic nitrogens is 1. The van der Waals surface area contributed by atoms with Crippen molar-refractivity contribution in [3.8, 4) is 0 Å². The van der Waals surface area contributed by atoms with Gasteiger partial charge in [-0.05, 0) is 24.1 Å². The first-order valence-corrected chi connectivity index (χ1v) is 5.64. The highest BCUT2D eigenvalue weighted by Gasteiger charge is 2.03. The van der Waals surface area contributed by atoms with Gasteiger partial charge in [-0.15, -0.1) is 11.3 Å². The van der Waals surface area contributed by atoms with E-state index in [9.17, 15) is 0 Å². The van der Waals surface area contributed by atoms with Gasteiger partial charge < -0.3 is 5.11 Å². The molecule has 1 aromatic carbocycles. The van der Waals surface area contributed by atoms with Gasteiger partial charge in [0.2, 0.25) is 0 Å². The molecule has 0 aliphatic heterocycles.